The van der Waals surface area contributed by atoms with Gasteiger partial charge in [0, 0.05) is 16.7 Å². The van der Waals surface area contributed by atoms with Crippen LogP contribution in [0.2, 0.25) is 0 Å². The molecule has 0 atom stereocenters. The number of halogens is 4. The summed E-state index contributed by atoms with van der Waals surface area (Å²) in [6.45, 7) is 0.137. The van der Waals surface area contributed by atoms with Gasteiger partial charge in [0.25, 0.3) is 0 Å². The Kier molecular flexibility index (Phi) is 5.07. The van der Waals surface area contributed by atoms with Crippen LogP contribution in [0, 0.1) is 0 Å². The Balaban J connectivity index is 1.88. The predicted octanol–water partition coefficient (Wildman–Crippen LogP) is 4.79. The molecule has 0 radical (unpaired) electrons. The van der Waals surface area contributed by atoms with Crippen molar-refractivity contribution in [3.63, 3.8) is 0 Å². The maximum Gasteiger partial charge on any atom is 0.416 e. The lowest BCUT2D eigenvalue weighted by atomic mass is 10.1. The maximum atomic E-state index is 12.4. The van der Waals surface area contributed by atoms with E-state index in [1.54, 1.807) is 18.2 Å². The van der Waals surface area contributed by atoms with Crippen LogP contribution in [0.4, 0.5) is 23.7 Å². The summed E-state index contributed by atoms with van der Waals surface area (Å²) in [4.78, 5) is 11.7. The molecule has 0 heterocycles. The summed E-state index contributed by atoms with van der Waals surface area (Å²) in [6.07, 6.45) is -4.36. The van der Waals surface area contributed by atoms with Crippen molar-refractivity contribution >= 4 is 27.6 Å². The van der Waals surface area contributed by atoms with Gasteiger partial charge in [0.1, 0.15) is 0 Å². The number of anilines is 1. The van der Waals surface area contributed by atoms with Crippen molar-refractivity contribution in [2.75, 3.05) is 5.32 Å². The lowest BCUT2D eigenvalue weighted by Crippen LogP contribution is -2.28. The molecule has 0 saturated heterocycles. The van der Waals surface area contributed by atoms with E-state index in [0.717, 1.165) is 16.6 Å². The van der Waals surface area contributed by atoms with Gasteiger partial charge in [-0.05, 0) is 35.9 Å². The molecule has 0 aliphatic rings. The van der Waals surface area contributed by atoms with Crippen LogP contribution < -0.4 is 10.6 Å². The van der Waals surface area contributed by atoms with E-state index in [0.29, 0.717) is 11.3 Å². The highest BCUT2D eigenvalue weighted by molar-refractivity contribution is 9.10. The summed E-state index contributed by atoms with van der Waals surface area (Å²) in [6, 6.07) is 11.3. The molecule has 3 nitrogen and oxygen atoms in total. The molecule has 2 rings (SSSR count). The van der Waals surface area contributed by atoms with E-state index in [1.165, 1.54) is 12.1 Å². The van der Waals surface area contributed by atoms with Gasteiger partial charge in [-0.3, -0.25) is 0 Å². The molecule has 116 valence electrons. The molecule has 2 amide bonds. The minimum Gasteiger partial charge on any atom is -0.334 e. The van der Waals surface area contributed by atoms with E-state index in [2.05, 4.69) is 26.6 Å². The first-order valence-electron chi connectivity index (χ1n) is 6.31. The van der Waals surface area contributed by atoms with Crippen LogP contribution in [0.5, 0.6) is 0 Å². The van der Waals surface area contributed by atoms with Gasteiger partial charge >= 0.3 is 12.2 Å². The molecule has 0 aliphatic heterocycles. The van der Waals surface area contributed by atoms with Crippen LogP contribution in [0.15, 0.2) is 53.0 Å². The smallest absolute Gasteiger partial charge is 0.334 e. The standard InChI is InChI=1S/C15H12BrF3N2O/c16-12-2-1-3-13(8-12)21-14(22)20-9-10-4-6-11(7-5-10)15(17,18)19/h1-8H,9H2,(H2,20,21,22). The Bertz CT molecular complexity index is 657. The van der Waals surface area contributed by atoms with Crippen LogP contribution in [-0.2, 0) is 12.7 Å². The molecule has 0 unspecified atom stereocenters. The van der Waals surface area contributed by atoms with Crippen molar-refractivity contribution in [1.82, 2.24) is 5.32 Å². The number of carbonyl (C=O) groups excluding carboxylic acids is 1. The molecule has 2 N–H and O–H groups in total. The maximum absolute atomic E-state index is 12.4. The number of urea groups is 1. The molecular weight excluding hydrogens is 361 g/mol. The monoisotopic (exact) mass is 372 g/mol. The van der Waals surface area contributed by atoms with Gasteiger partial charge in [-0.1, -0.05) is 34.1 Å². The van der Waals surface area contributed by atoms with E-state index < -0.39 is 17.8 Å². The molecular formula is C15H12BrF3N2O. The third kappa shape index (κ3) is 4.77. The summed E-state index contributed by atoms with van der Waals surface area (Å²) in [5.41, 5.74) is 0.478. The minimum absolute atomic E-state index is 0.137. The Morgan fingerprint density at radius 2 is 1.77 bits per heavy atom. The third-order valence-electron chi connectivity index (χ3n) is 2.82. The van der Waals surface area contributed by atoms with Gasteiger partial charge in [-0.2, -0.15) is 13.2 Å². The highest BCUT2D eigenvalue weighted by Crippen LogP contribution is 2.29. The molecule has 7 heteroatoms. The second-order valence-corrected chi connectivity index (χ2v) is 5.43. The van der Waals surface area contributed by atoms with Crippen molar-refractivity contribution in [3.8, 4) is 0 Å². The summed E-state index contributed by atoms with van der Waals surface area (Å²) < 4.78 is 38.1. The Morgan fingerprint density at radius 1 is 1.09 bits per heavy atom. The molecule has 2 aromatic carbocycles. The molecule has 0 saturated carbocycles. The van der Waals surface area contributed by atoms with Crippen molar-refractivity contribution < 1.29 is 18.0 Å². The number of benzene rings is 2. The van der Waals surface area contributed by atoms with Gasteiger partial charge < -0.3 is 10.6 Å². The van der Waals surface area contributed by atoms with E-state index in [4.69, 9.17) is 0 Å². The molecule has 0 spiro atoms. The van der Waals surface area contributed by atoms with E-state index in [9.17, 15) is 18.0 Å². The lowest BCUT2D eigenvalue weighted by molar-refractivity contribution is -0.137. The zero-order valence-electron chi connectivity index (χ0n) is 11.2. The number of alkyl halides is 3. The molecule has 0 aliphatic carbocycles. The normalized spacial score (nSPS) is 11.1. The highest BCUT2D eigenvalue weighted by Gasteiger charge is 2.29. The number of carbonyl (C=O) groups is 1. The Morgan fingerprint density at radius 3 is 2.36 bits per heavy atom. The van der Waals surface area contributed by atoms with Gasteiger partial charge in [0.2, 0.25) is 0 Å². The zero-order chi connectivity index (χ0) is 16.2. The largest absolute Gasteiger partial charge is 0.416 e. The summed E-state index contributed by atoms with van der Waals surface area (Å²) in [5.74, 6) is 0. The summed E-state index contributed by atoms with van der Waals surface area (Å²) in [5, 5.41) is 5.21. The number of hydrogen-bond acceptors (Lipinski definition) is 1. The van der Waals surface area contributed by atoms with Crippen molar-refractivity contribution in [2.24, 2.45) is 0 Å². The topological polar surface area (TPSA) is 41.1 Å². The average Bonchev–Trinajstić information content (AvgIpc) is 2.45. The summed E-state index contributed by atoms with van der Waals surface area (Å²) in [7, 11) is 0. The summed E-state index contributed by atoms with van der Waals surface area (Å²) >= 11 is 3.29. The molecule has 0 fully saturated rings. The zero-order valence-corrected chi connectivity index (χ0v) is 12.8. The van der Waals surface area contributed by atoms with Crippen LogP contribution in [-0.4, -0.2) is 6.03 Å². The number of rotatable bonds is 3. The fraction of sp³-hybridized carbons (Fsp3) is 0.133. The van der Waals surface area contributed by atoms with Gasteiger partial charge in [0.05, 0.1) is 5.56 Å². The first-order chi connectivity index (χ1) is 10.3. The predicted molar refractivity (Wildman–Crippen MR) is 81.4 cm³/mol. The molecule has 0 bridgehead atoms. The van der Waals surface area contributed by atoms with E-state index in [1.807, 2.05) is 6.07 Å². The number of amides is 2. The third-order valence-corrected chi connectivity index (χ3v) is 3.31. The van der Waals surface area contributed by atoms with E-state index >= 15 is 0 Å². The van der Waals surface area contributed by atoms with Crippen LogP contribution >= 0.6 is 15.9 Å². The lowest BCUT2D eigenvalue weighted by Gasteiger charge is -2.10. The second kappa shape index (κ2) is 6.83. The number of nitrogens with one attached hydrogen (secondary N) is 2. The van der Waals surface area contributed by atoms with Gasteiger partial charge in [0.15, 0.2) is 0 Å². The molecule has 22 heavy (non-hydrogen) atoms. The average molecular weight is 373 g/mol. The van der Waals surface area contributed by atoms with Crippen LogP contribution in [0.3, 0.4) is 0 Å². The van der Waals surface area contributed by atoms with Gasteiger partial charge in [-0.25, -0.2) is 4.79 Å². The first-order valence-corrected chi connectivity index (χ1v) is 7.10. The number of hydrogen-bond donors (Lipinski definition) is 2. The highest BCUT2D eigenvalue weighted by atomic mass is 79.9. The van der Waals surface area contributed by atoms with Crippen molar-refractivity contribution in [2.45, 2.75) is 12.7 Å². The molecule has 2 aromatic rings. The first kappa shape index (κ1) is 16.4. The second-order valence-electron chi connectivity index (χ2n) is 4.51. The van der Waals surface area contributed by atoms with E-state index in [-0.39, 0.29) is 6.54 Å². The van der Waals surface area contributed by atoms with Gasteiger partial charge in [-0.15, -0.1) is 0 Å². The van der Waals surface area contributed by atoms with Crippen LogP contribution in [0.25, 0.3) is 0 Å². The van der Waals surface area contributed by atoms with Crippen molar-refractivity contribution in [3.05, 3.63) is 64.1 Å². The Hall–Kier alpha value is -2.02. The van der Waals surface area contributed by atoms with Crippen molar-refractivity contribution in [1.29, 1.82) is 0 Å². The quantitative estimate of drug-likeness (QED) is 0.798. The fourth-order valence-electron chi connectivity index (χ4n) is 1.74. The van der Waals surface area contributed by atoms with Crippen LogP contribution in [0.1, 0.15) is 11.1 Å². The SMILES string of the molecule is O=C(NCc1ccc(C(F)(F)F)cc1)Nc1cccc(Br)c1. The Labute approximate surface area is 133 Å². The fourth-order valence-corrected chi connectivity index (χ4v) is 2.13. The molecule has 0 aromatic heterocycles. The minimum atomic E-state index is -4.36.